The molecule has 0 bridgehead atoms. The molecule has 0 amide bonds. The van der Waals surface area contributed by atoms with Crippen molar-refractivity contribution in [3.8, 4) is 5.75 Å². The lowest BCUT2D eigenvalue weighted by atomic mass is 10.0. The summed E-state index contributed by atoms with van der Waals surface area (Å²) in [5, 5.41) is 3.75. The van der Waals surface area contributed by atoms with Crippen molar-refractivity contribution in [1.29, 1.82) is 0 Å². The van der Waals surface area contributed by atoms with Gasteiger partial charge in [-0.1, -0.05) is 48.5 Å². The van der Waals surface area contributed by atoms with E-state index in [-0.39, 0.29) is 6.10 Å². The highest BCUT2D eigenvalue weighted by Crippen LogP contribution is 2.41. The minimum atomic E-state index is 0.271. The van der Waals surface area contributed by atoms with E-state index in [1.165, 1.54) is 24.0 Å². The van der Waals surface area contributed by atoms with Crippen molar-refractivity contribution in [1.82, 2.24) is 5.32 Å². The zero-order chi connectivity index (χ0) is 14.1. The predicted octanol–water partition coefficient (Wildman–Crippen LogP) is 3.73. The van der Waals surface area contributed by atoms with E-state index < -0.39 is 0 Å². The predicted molar refractivity (Wildman–Crippen MR) is 84.5 cm³/mol. The smallest absolute Gasteiger partial charge is 0.123 e. The molecule has 2 aliphatic rings. The fraction of sp³-hybridized carbons (Fsp3) is 0.368. The van der Waals surface area contributed by atoms with Crippen LogP contribution in [0.15, 0.2) is 54.6 Å². The van der Waals surface area contributed by atoms with Gasteiger partial charge in [0.05, 0.1) is 0 Å². The summed E-state index contributed by atoms with van der Waals surface area (Å²) < 4.78 is 6.03. The zero-order valence-corrected chi connectivity index (χ0v) is 12.2. The minimum absolute atomic E-state index is 0.271. The molecule has 0 aromatic heterocycles. The van der Waals surface area contributed by atoms with E-state index in [9.17, 15) is 0 Å². The normalized spacial score (nSPS) is 21.6. The second-order valence-corrected chi connectivity index (χ2v) is 6.19. The molecule has 21 heavy (non-hydrogen) atoms. The number of rotatable bonds is 5. The van der Waals surface area contributed by atoms with Crippen LogP contribution in [-0.2, 0) is 6.42 Å². The Balaban J connectivity index is 1.40. The fourth-order valence-electron chi connectivity index (χ4n) is 3.27. The van der Waals surface area contributed by atoms with Crippen LogP contribution in [0.3, 0.4) is 0 Å². The molecule has 2 nitrogen and oxygen atoms in total. The second-order valence-electron chi connectivity index (χ2n) is 6.19. The number of hydrogen-bond acceptors (Lipinski definition) is 2. The second kappa shape index (κ2) is 5.53. The topological polar surface area (TPSA) is 21.3 Å². The van der Waals surface area contributed by atoms with Crippen LogP contribution >= 0.6 is 0 Å². The Morgan fingerprint density at radius 2 is 1.76 bits per heavy atom. The van der Waals surface area contributed by atoms with Gasteiger partial charge in [-0.15, -0.1) is 0 Å². The monoisotopic (exact) mass is 279 g/mol. The lowest BCUT2D eigenvalue weighted by Gasteiger charge is -2.21. The highest BCUT2D eigenvalue weighted by Gasteiger charge is 2.33. The maximum Gasteiger partial charge on any atom is 0.123 e. The van der Waals surface area contributed by atoms with Crippen LogP contribution in [0.25, 0.3) is 0 Å². The Morgan fingerprint density at radius 3 is 2.52 bits per heavy atom. The molecular formula is C19H21NO. The van der Waals surface area contributed by atoms with Gasteiger partial charge in [0.1, 0.15) is 11.9 Å². The molecule has 108 valence electrons. The molecule has 2 atom stereocenters. The molecule has 0 spiro atoms. The summed E-state index contributed by atoms with van der Waals surface area (Å²) in [6.07, 6.45) is 3.98. The van der Waals surface area contributed by atoms with Crippen molar-refractivity contribution in [3.05, 3.63) is 65.7 Å². The Morgan fingerprint density at radius 1 is 1.00 bits per heavy atom. The third-order valence-electron chi connectivity index (χ3n) is 4.53. The first-order valence-electron chi connectivity index (χ1n) is 7.93. The first-order valence-corrected chi connectivity index (χ1v) is 7.93. The van der Waals surface area contributed by atoms with Gasteiger partial charge in [-0.3, -0.25) is 0 Å². The average Bonchev–Trinajstić information content (AvgIpc) is 3.27. The fourth-order valence-corrected chi connectivity index (χ4v) is 3.27. The van der Waals surface area contributed by atoms with Crippen molar-refractivity contribution in [2.45, 2.75) is 31.4 Å². The van der Waals surface area contributed by atoms with Crippen molar-refractivity contribution >= 4 is 0 Å². The Labute approximate surface area is 126 Å². The number of ether oxygens (including phenoxy) is 1. The summed E-state index contributed by atoms with van der Waals surface area (Å²) >= 11 is 0. The summed E-state index contributed by atoms with van der Waals surface area (Å²) in [7, 11) is 0. The van der Waals surface area contributed by atoms with Crippen molar-refractivity contribution in [2.75, 3.05) is 6.54 Å². The van der Waals surface area contributed by atoms with E-state index in [4.69, 9.17) is 4.74 Å². The van der Waals surface area contributed by atoms with E-state index in [0.29, 0.717) is 6.04 Å². The van der Waals surface area contributed by atoms with Gasteiger partial charge in [0.25, 0.3) is 0 Å². The van der Waals surface area contributed by atoms with Gasteiger partial charge >= 0.3 is 0 Å². The summed E-state index contributed by atoms with van der Waals surface area (Å²) in [5.74, 6) is 1.86. The van der Waals surface area contributed by atoms with Crippen LogP contribution in [0.1, 0.15) is 30.0 Å². The van der Waals surface area contributed by atoms with Gasteiger partial charge in [0, 0.05) is 19.0 Å². The summed E-state index contributed by atoms with van der Waals surface area (Å²) in [6, 6.07) is 19.7. The molecule has 1 heterocycles. The van der Waals surface area contributed by atoms with E-state index in [2.05, 4.69) is 53.8 Å². The number of para-hydroxylation sites is 1. The van der Waals surface area contributed by atoms with E-state index in [1.54, 1.807) is 0 Å². The van der Waals surface area contributed by atoms with Crippen LogP contribution in [0.4, 0.5) is 0 Å². The highest BCUT2D eigenvalue weighted by molar-refractivity contribution is 5.37. The number of hydrogen-bond donors (Lipinski definition) is 1. The number of benzene rings is 2. The molecule has 0 radical (unpaired) electrons. The molecule has 0 saturated heterocycles. The Bertz CT molecular complexity index is 581. The van der Waals surface area contributed by atoms with Crippen LogP contribution < -0.4 is 10.1 Å². The van der Waals surface area contributed by atoms with E-state index >= 15 is 0 Å². The van der Waals surface area contributed by atoms with E-state index in [0.717, 1.165) is 24.6 Å². The Kier molecular flexibility index (Phi) is 3.40. The van der Waals surface area contributed by atoms with Crippen molar-refractivity contribution in [2.24, 2.45) is 5.92 Å². The van der Waals surface area contributed by atoms with Crippen molar-refractivity contribution < 1.29 is 4.74 Å². The highest BCUT2D eigenvalue weighted by atomic mass is 16.5. The summed E-state index contributed by atoms with van der Waals surface area (Å²) in [4.78, 5) is 0. The quantitative estimate of drug-likeness (QED) is 0.900. The van der Waals surface area contributed by atoms with Gasteiger partial charge in [0.15, 0.2) is 0 Å². The summed E-state index contributed by atoms with van der Waals surface area (Å²) in [6.45, 7) is 0.921. The third-order valence-corrected chi connectivity index (χ3v) is 4.53. The lowest BCUT2D eigenvalue weighted by molar-refractivity contribution is 0.218. The molecule has 1 fully saturated rings. The largest absolute Gasteiger partial charge is 0.488 e. The molecule has 1 aliphatic heterocycles. The zero-order valence-electron chi connectivity index (χ0n) is 12.2. The molecule has 2 aromatic carbocycles. The molecule has 1 N–H and O–H groups in total. The van der Waals surface area contributed by atoms with Gasteiger partial charge < -0.3 is 10.1 Å². The van der Waals surface area contributed by atoms with Gasteiger partial charge in [0.2, 0.25) is 0 Å². The van der Waals surface area contributed by atoms with Crippen LogP contribution in [0, 0.1) is 5.92 Å². The van der Waals surface area contributed by atoms with E-state index in [1.807, 2.05) is 6.07 Å². The first-order chi connectivity index (χ1) is 10.4. The first kappa shape index (κ1) is 12.9. The molecular weight excluding hydrogens is 258 g/mol. The maximum absolute atomic E-state index is 6.03. The molecule has 2 unspecified atom stereocenters. The van der Waals surface area contributed by atoms with Crippen LogP contribution in [0.2, 0.25) is 0 Å². The molecule has 2 aromatic rings. The summed E-state index contributed by atoms with van der Waals surface area (Å²) in [5.41, 5.74) is 2.75. The molecule has 1 saturated carbocycles. The molecule has 1 aliphatic carbocycles. The standard InChI is InChI=1S/C19H21NO/c1-2-6-14(7-3-1)19(15-10-11-15)20-13-17-12-16-8-4-5-9-18(16)21-17/h1-9,15,17,19-20H,10-13H2. The average molecular weight is 279 g/mol. The maximum atomic E-state index is 6.03. The SMILES string of the molecule is c1ccc(C(NCC2Cc3ccccc3O2)C2CC2)cc1. The number of fused-ring (bicyclic) bond motifs is 1. The van der Waals surface area contributed by atoms with Crippen LogP contribution in [-0.4, -0.2) is 12.6 Å². The van der Waals surface area contributed by atoms with Crippen LogP contribution in [0.5, 0.6) is 5.75 Å². The number of nitrogens with one attached hydrogen (secondary N) is 1. The van der Waals surface area contributed by atoms with Gasteiger partial charge in [-0.2, -0.15) is 0 Å². The van der Waals surface area contributed by atoms with Gasteiger partial charge in [-0.05, 0) is 36.0 Å². The Hall–Kier alpha value is -1.80. The minimum Gasteiger partial charge on any atom is -0.488 e. The third kappa shape index (κ3) is 2.81. The van der Waals surface area contributed by atoms with Crippen molar-refractivity contribution in [3.63, 3.8) is 0 Å². The molecule has 4 rings (SSSR count). The van der Waals surface area contributed by atoms with Gasteiger partial charge in [-0.25, -0.2) is 0 Å². The molecule has 2 heteroatoms. The lowest BCUT2D eigenvalue weighted by Crippen LogP contribution is -2.33.